The monoisotopic (exact) mass is 384 g/mol. The van der Waals surface area contributed by atoms with Crippen LogP contribution in [0.3, 0.4) is 0 Å². The summed E-state index contributed by atoms with van der Waals surface area (Å²) in [6.45, 7) is 1.14. The molecule has 1 saturated heterocycles. The van der Waals surface area contributed by atoms with E-state index >= 15 is 0 Å². The molecule has 0 aromatic heterocycles. The first-order valence-electron chi connectivity index (χ1n) is 9.20. The van der Waals surface area contributed by atoms with Crippen LogP contribution in [0.15, 0.2) is 48.5 Å². The van der Waals surface area contributed by atoms with Gasteiger partial charge in [-0.05, 0) is 48.7 Å². The van der Waals surface area contributed by atoms with Crippen molar-refractivity contribution >= 4 is 29.1 Å². The number of likely N-dealkylation sites (tertiary alicyclic amines) is 1. The molecule has 4 rings (SSSR count). The van der Waals surface area contributed by atoms with Gasteiger partial charge in [-0.25, -0.2) is 0 Å². The fraction of sp³-hybridized carbons (Fsp3) is 0.333. The van der Waals surface area contributed by atoms with E-state index in [9.17, 15) is 9.59 Å². The number of anilines is 1. The molecule has 2 aromatic carbocycles. The van der Waals surface area contributed by atoms with Crippen LogP contribution in [0.25, 0.3) is 0 Å². The molecule has 140 valence electrons. The van der Waals surface area contributed by atoms with Crippen molar-refractivity contribution in [3.8, 4) is 5.75 Å². The summed E-state index contributed by atoms with van der Waals surface area (Å²) < 4.78 is 5.80. The molecule has 0 saturated carbocycles. The zero-order valence-electron chi connectivity index (χ0n) is 14.9. The predicted octanol–water partition coefficient (Wildman–Crippen LogP) is 3.52. The summed E-state index contributed by atoms with van der Waals surface area (Å²) in [7, 11) is 0. The standard InChI is InChI=1S/C21H21ClN2O3/c22-16-6-7-18-15(12-16)13-19(27-18)21(26)24-10-8-14(9-11-24)20(25)23-17-4-2-1-3-5-17/h1-7,12,14,19H,8-11,13H2,(H,23,25). The Balaban J connectivity index is 1.30. The molecule has 2 aliphatic rings. The summed E-state index contributed by atoms with van der Waals surface area (Å²) in [6, 6.07) is 14.9. The van der Waals surface area contributed by atoms with E-state index in [4.69, 9.17) is 16.3 Å². The zero-order valence-corrected chi connectivity index (χ0v) is 15.6. The lowest BCUT2D eigenvalue weighted by molar-refractivity contribution is -0.140. The number of fused-ring (bicyclic) bond motifs is 1. The van der Waals surface area contributed by atoms with Crippen molar-refractivity contribution in [3.05, 3.63) is 59.1 Å². The fourth-order valence-electron chi connectivity index (χ4n) is 3.69. The molecule has 2 aliphatic heterocycles. The molecule has 0 aliphatic carbocycles. The van der Waals surface area contributed by atoms with Gasteiger partial charge in [0.15, 0.2) is 6.10 Å². The van der Waals surface area contributed by atoms with Crippen LogP contribution in [-0.4, -0.2) is 35.9 Å². The van der Waals surface area contributed by atoms with E-state index in [1.54, 1.807) is 6.07 Å². The number of piperidine rings is 1. The fourth-order valence-corrected chi connectivity index (χ4v) is 3.88. The minimum absolute atomic E-state index is 0.00996. The Kier molecular flexibility index (Phi) is 5.03. The number of hydrogen-bond donors (Lipinski definition) is 1. The number of halogens is 1. The maximum atomic E-state index is 12.8. The summed E-state index contributed by atoms with van der Waals surface area (Å²) >= 11 is 6.01. The van der Waals surface area contributed by atoms with E-state index in [1.807, 2.05) is 47.4 Å². The van der Waals surface area contributed by atoms with Gasteiger partial charge >= 0.3 is 0 Å². The first-order chi connectivity index (χ1) is 13.1. The average Bonchev–Trinajstić information content (AvgIpc) is 3.11. The molecule has 0 bridgehead atoms. The molecule has 2 aromatic rings. The van der Waals surface area contributed by atoms with Crippen molar-refractivity contribution in [1.29, 1.82) is 0 Å². The van der Waals surface area contributed by atoms with Gasteiger partial charge in [0.1, 0.15) is 5.75 Å². The third-order valence-electron chi connectivity index (χ3n) is 5.19. The van der Waals surface area contributed by atoms with Crippen molar-refractivity contribution < 1.29 is 14.3 Å². The lowest BCUT2D eigenvalue weighted by Gasteiger charge is -2.32. The molecule has 1 unspecified atom stereocenters. The van der Waals surface area contributed by atoms with E-state index in [0.717, 1.165) is 17.0 Å². The van der Waals surface area contributed by atoms with Crippen LogP contribution in [0.1, 0.15) is 18.4 Å². The lowest BCUT2D eigenvalue weighted by atomic mass is 9.95. The molecule has 27 heavy (non-hydrogen) atoms. The van der Waals surface area contributed by atoms with Gasteiger partial charge in [0.05, 0.1) is 0 Å². The van der Waals surface area contributed by atoms with Crippen LogP contribution in [0.5, 0.6) is 5.75 Å². The third-order valence-corrected chi connectivity index (χ3v) is 5.43. The number of rotatable bonds is 3. The Labute approximate surface area is 163 Å². The molecular formula is C21H21ClN2O3. The zero-order chi connectivity index (χ0) is 18.8. The van der Waals surface area contributed by atoms with Crippen LogP contribution in [-0.2, 0) is 16.0 Å². The predicted molar refractivity (Wildman–Crippen MR) is 104 cm³/mol. The van der Waals surface area contributed by atoms with Crippen LogP contribution in [0.4, 0.5) is 5.69 Å². The largest absolute Gasteiger partial charge is 0.480 e. The number of para-hydroxylation sites is 1. The first kappa shape index (κ1) is 17.9. The van der Waals surface area contributed by atoms with Gasteiger partial charge in [0, 0.05) is 36.1 Å². The SMILES string of the molecule is O=C(Nc1ccccc1)C1CCN(C(=O)C2Cc3cc(Cl)ccc3O2)CC1. The van der Waals surface area contributed by atoms with Crippen molar-refractivity contribution in [1.82, 2.24) is 4.90 Å². The quantitative estimate of drug-likeness (QED) is 0.880. The summed E-state index contributed by atoms with van der Waals surface area (Å²) in [5.74, 6) is 0.668. The number of hydrogen-bond acceptors (Lipinski definition) is 3. The molecule has 0 spiro atoms. The van der Waals surface area contributed by atoms with Crippen LogP contribution >= 0.6 is 11.6 Å². The van der Waals surface area contributed by atoms with Gasteiger partial charge in [-0.1, -0.05) is 29.8 Å². The van der Waals surface area contributed by atoms with Gasteiger partial charge in [-0.2, -0.15) is 0 Å². The Morgan fingerprint density at radius 3 is 2.56 bits per heavy atom. The summed E-state index contributed by atoms with van der Waals surface area (Å²) in [5, 5.41) is 3.60. The van der Waals surface area contributed by atoms with Crippen molar-refractivity contribution in [3.63, 3.8) is 0 Å². The van der Waals surface area contributed by atoms with Crippen LogP contribution in [0.2, 0.25) is 5.02 Å². The lowest BCUT2D eigenvalue weighted by Crippen LogP contribution is -2.46. The molecule has 2 amide bonds. The van der Waals surface area contributed by atoms with Gasteiger partial charge in [0.25, 0.3) is 5.91 Å². The number of carbonyl (C=O) groups excluding carboxylic acids is 2. The average molecular weight is 385 g/mol. The molecule has 5 nitrogen and oxygen atoms in total. The van der Waals surface area contributed by atoms with Gasteiger partial charge in [0.2, 0.25) is 5.91 Å². The molecule has 1 N–H and O–H groups in total. The number of nitrogens with one attached hydrogen (secondary N) is 1. The molecular weight excluding hydrogens is 364 g/mol. The van der Waals surface area contributed by atoms with Gasteiger partial charge in [-0.3, -0.25) is 9.59 Å². The highest BCUT2D eigenvalue weighted by Crippen LogP contribution is 2.32. The maximum absolute atomic E-state index is 12.8. The van der Waals surface area contributed by atoms with E-state index in [2.05, 4.69) is 5.32 Å². The Bertz CT molecular complexity index is 848. The third kappa shape index (κ3) is 3.93. The smallest absolute Gasteiger partial charge is 0.263 e. The van der Waals surface area contributed by atoms with Crippen molar-refractivity contribution in [2.45, 2.75) is 25.4 Å². The molecule has 1 atom stereocenters. The summed E-state index contributed by atoms with van der Waals surface area (Å²) in [4.78, 5) is 27.0. The molecule has 2 heterocycles. The highest BCUT2D eigenvalue weighted by atomic mass is 35.5. The van der Waals surface area contributed by atoms with Gasteiger partial charge < -0.3 is 15.0 Å². The van der Waals surface area contributed by atoms with E-state index in [1.165, 1.54) is 0 Å². The number of amides is 2. The Morgan fingerprint density at radius 2 is 1.81 bits per heavy atom. The first-order valence-corrected chi connectivity index (χ1v) is 9.58. The summed E-state index contributed by atoms with van der Waals surface area (Å²) in [6.07, 6.45) is 1.38. The number of benzene rings is 2. The van der Waals surface area contributed by atoms with Crippen LogP contribution in [0, 0.1) is 5.92 Å². The second-order valence-electron chi connectivity index (χ2n) is 7.02. The second kappa shape index (κ2) is 7.61. The number of nitrogens with zero attached hydrogens (tertiary/aromatic N) is 1. The van der Waals surface area contributed by atoms with Gasteiger partial charge in [-0.15, -0.1) is 0 Å². The van der Waals surface area contributed by atoms with Crippen molar-refractivity contribution in [2.75, 3.05) is 18.4 Å². The summed E-state index contributed by atoms with van der Waals surface area (Å²) in [5.41, 5.74) is 1.77. The minimum Gasteiger partial charge on any atom is -0.480 e. The van der Waals surface area contributed by atoms with Crippen molar-refractivity contribution in [2.24, 2.45) is 5.92 Å². The topological polar surface area (TPSA) is 58.6 Å². The molecule has 1 fully saturated rings. The second-order valence-corrected chi connectivity index (χ2v) is 7.45. The molecule has 6 heteroatoms. The Morgan fingerprint density at radius 1 is 1.07 bits per heavy atom. The Hall–Kier alpha value is -2.53. The molecule has 0 radical (unpaired) electrons. The van der Waals surface area contributed by atoms with E-state index in [-0.39, 0.29) is 17.7 Å². The van der Waals surface area contributed by atoms with E-state index in [0.29, 0.717) is 37.4 Å². The minimum atomic E-state index is -0.492. The highest BCUT2D eigenvalue weighted by molar-refractivity contribution is 6.30. The number of carbonyl (C=O) groups is 2. The highest BCUT2D eigenvalue weighted by Gasteiger charge is 2.35. The van der Waals surface area contributed by atoms with E-state index < -0.39 is 6.10 Å². The maximum Gasteiger partial charge on any atom is 0.263 e. The van der Waals surface area contributed by atoms with Crippen LogP contribution < -0.4 is 10.1 Å². The normalized spacial score (nSPS) is 19.3. The number of ether oxygens (including phenoxy) is 1.